The summed E-state index contributed by atoms with van der Waals surface area (Å²) in [6, 6.07) is 6.41. The predicted octanol–water partition coefficient (Wildman–Crippen LogP) is 3.01. The third-order valence-electron chi connectivity index (χ3n) is 2.84. The molecule has 1 aromatic carbocycles. The molecule has 4 heteroatoms. The predicted molar refractivity (Wildman–Crippen MR) is 61.7 cm³/mol. The fraction of sp³-hybridized carbons (Fsp3) is 0.364. The van der Waals surface area contributed by atoms with Gasteiger partial charge < -0.3 is 9.84 Å². The lowest BCUT2D eigenvalue weighted by Gasteiger charge is -2.04. The van der Waals surface area contributed by atoms with Crippen molar-refractivity contribution in [3.05, 3.63) is 28.4 Å². The lowest BCUT2D eigenvalue weighted by Crippen LogP contribution is -2.12. The fourth-order valence-corrected chi connectivity index (χ4v) is 2.44. The molecular weight excluding hydrogens is 256 g/mol. The number of hydrogen-bond donors (Lipinski definition) is 1. The highest BCUT2D eigenvalue weighted by Crippen LogP contribution is 2.30. The number of rotatable bonds is 1. The molecule has 2 aromatic rings. The summed E-state index contributed by atoms with van der Waals surface area (Å²) in [5.41, 5.74) is 0.924. The molecule has 3 rings (SSSR count). The summed E-state index contributed by atoms with van der Waals surface area (Å²) in [4.78, 5) is 0. The summed E-state index contributed by atoms with van der Waals surface area (Å²) in [6.07, 6.45) is 2.35. The highest BCUT2D eigenvalue weighted by atomic mass is 79.9. The largest absolute Gasteiger partial charge is 0.358 e. The van der Waals surface area contributed by atoms with E-state index in [1.807, 2.05) is 12.1 Å². The lowest BCUT2D eigenvalue weighted by molar-refractivity contribution is 0.358. The van der Waals surface area contributed by atoms with Crippen molar-refractivity contribution in [1.29, 1.82) is 0 Å². The minimum absolute atomic E-state index is 0.344. The minimum Gasteiger partial charge on any atom is -0.358 e. The molecule has 1 aromatic heterocycles. The Morgan fingerprint density at radius 2 is 2.40 bits per heavy atom. The van der Waals surface area contributed by atoms with Gasteiger partial charge in [0.1, 0.15) is 5.52 Å². The van der Waals surface area contributed by atoms with Crippen molar-refractivity contribution >= 4 is 26.8 Å². The standard InChI is InChI=1S/C11H11BrN2O/c12-7-3-4-8-10(6-7)14-15-11(8)9-2-1-5-13-9/h3-4,6,9,13H,1-2,5H2. The van der Waals surface area contributed by atoms with Crippen molar-refractivity contribution in [3.8, 4) is 0 Å². The average Bonchev–Trinajstić information content (AvgIpc) is 2.82. The number of nitrogens with one attached hydrogen (secondary N) is 1. The molecule has 1 saturated heterocycles. The van der Waals surface area contributed by atoms with Crippen LogP contribution in [0.1, 0.15) is 24.6 Å². The summed E-state index contributed by atoms with van der Waals surface area (Å²) in [5.74, 6) is 0.981. The molecule has 15 heavy (non-hydrogen) atoms. The van der Waals surface area contributed by atoms with E-state index in [-0.39, 0.29) is 0 Å². The van der Waals surface area contributed by atoms with Crippen molar-refractivity contribution in [3.63, 3.8) is 0 Å². The summed E-state index contributed by atoms with van der Waals surface area (Å²) in [7, 11) is 0. The van der Waals surface area contributed by atoms with Gasteiger partial charge in [-0.3, -0.25) is 0 Å². The maximum absolute atomic E-state index is 5.42. The van der Waals surface area contributed by atoms with E-state index in [0.717, 1.165) is 34.1 Å². The van der Waals surface area contributed by atoms with Crippen LogP contribution in [0.15, 0.2) is 27.2 Å². The molecule has 0 saturated carbocycles. The number of halogens is 1. The molecule has 0 aliphatic carbocycles. The molecule has 78 valence electrons. The second kappa shape index (κ2) is 3.61. The van der Waals surface area contributed by atoms with Crippen LogP contribution in [0.2, 0.25) is 0 Å². The Bertz CT molecular complexity index is 488. The van der Waals surface area contributed by atoms with E-state index in [0.29, 0.717) is 6.04 Å². The van der Waals surface area contributed by atoms with Gasteiger partial charge in [0.25, 0.3) is 0 Å². The quantitative estimate of drug-likeness (QED) is 0.863. The zero-order valence-electron chi connectivity index (χ0n) is 8.16. The Kier molecular flexibility index (Phi) is 2.25. The molecule has 0 spiro atoms. The summed E-state index contributed by atoms with van der Waals surface area (Å²) >= 11 is 3.43. The van der Waals surface area contributed by atoms with Crippen LogP contribution in [0.25, 0.3) is 10.9 Å². The minimum atomic E-state index is 0.344. The van der Waals surface area contributed by atoms with Gasteiger partial charge in [0, 0.05) is 9.86 Å². The van der Waals surface area contributed by atoms with Crippen molar-refractivity contribution in [2.75, 3.05) is 6.54 Å². The molecule has 1 N–H and O–H groups in total. The van der Waals surface area contributed by atoms with Crippen LogP contribution in [0.4, 0.5) is 0 Å². The van der Waals surface area contributed by atoms with Crippen LogP contribution in [-0.2, 0) is 0 Å². The van der Waals surface area contributed by atoms with E-state index in [1.54, 1.807) is 0 Å². The van der Waals surface area contributed by atoms with E-state index in [1.165, 1.54) is 6.42 Å². The van der Waals surface area contributed by atoms with Gasteiger partial charge in [-0.05, 0) is 37.6 Å². The first kappa shape index (κ1) is 9.36. The molecular formula is C11H11BrN2O. The van der Waals surface area contributed by atoms with E-state index >= 15 is 0 Å². The van der Waals surface area contributed by atoms with Crippen molar-refractivity contribution in [1.82, 2.24) is 10.5 Å². The summed E-state index contributed by atoms with van der Waals surface area (Å²) in [5, 5.41) is 8.62. The monoisotopic (exact) mass is 266 g/mol. The summed E-state index contributed by atoms with van der Waals surface area (Å²) < 4.78 is 6.46. The second-order valence-corrected chi connectivity index (χ2v) is 4.77. The van der Waals surface area contributed by atoms with Gasteiger partial charge in [-0.25, -0.2) is 0 Å². The van der Waals surface area contributed by atoms with Crippen LogP contribution in [0.5, 0.6) is 0 Å². The Hall–Kier alpha value is -0.870. The number of hydrogen-bond acceptors (Lipinski definition) is 3. The Morgan fingerprint density at radius 1 is 1.47 bits per heavy atom. The van der Waals surface area contributed by atoms with Crippen LogP contribution in [0, 0.1) is 0 Å². The van der Waals surface area contributed by atoms with Gasteiger partial charge in [0.2, 0.25) is 0 Å². The van der Waals surface area contributed by atoms with E-state index in [9.17, 15) is 0 Å². The number of aromatic nitrogens is 1. The molecule has 1 unspecified atom stereocenters. The molecule has 0 radical (unpaired) electrons. The molecule has 0 amide bonds. The number of nitrogens with zero attached hydrogens (tertiary/aromatic N) is 1. The van der Waals surface area contributed by atoms with Gasteiger partial charge in [0.15, 0.2) is 5.76 Å². The normalized spacial score (nSPS) is 21.3. The number of benzene rings is 1. The first-order valence-corrected chi connectivity index (χ1v) is 5.92. The zero-order chi connectivity index (χ0) is 10.3. The Morgan fingerprint density at radius 3 is 3.20 bits per heavy atom. The highest BCUT2D eigenvalue weighted by molar-refractivity contribution is 9.10. The third-order valence-corrected chi connectivity index (χ3v) is 3.34. The van der Waals surface area contributed by atoms with Crippen LogP contribution < -0.4 is 5.32 Å². The molecule has 1 atom stereocenters. The van der Waals surface area contributed by atoms with Gasteiger partial charge in [-0.15, -0.1) is 0 Å². The molecule has 2 heterocycles. The van der Waals surface area contributed by atoms with Gasteiger partial charge >= 0.3 is 0 Å². The summed E-state index contributed by atoms with van der Waals surface area (Å²) in [6.45, 7) is 1.07. The average molecular weight is 267 g/mol. The molecule has 1 aliphatic rings. The van der Waals surface area contributed by atoms with Crippen molar-refractivity contribution in [2.24, 2.45) is 0 Å². The smallest absolute Gasteiger partial charge is 0.161 e. The Labute approximate surface area is 95.9 Å². The van der Waals surface area contributed by atoms with Crippen molar-refractivity contribution in [2.45, 2.75) is 18.9 Å². The molecule has 3 nitrogen and oxygen atoms in total. The molecule has 1 fully saturated rings. The zero-order valence-corrected chi connectivity index (χ0v) is 9.75. The van der Waals surface area contributed by atoms with Crippen molar-refractivity contribution < 1.29 is 4.52 Å². The van der Waals surface area contributed by atoms with E-state index < -0.39 is 0 Å². The van der Waals surface area contributed by atoms with Gasteiger partial charge in [-0.2, -0.15) is 0 Å². The third kappa shape index (κ3) is 1.58. The lowest BCUT2D eigenvalue weighted by atomic mass is 10.1. The second-order valence-electron chi connectivity index (χ2n) is 3.86. The first-order valence-electron chi connectivity index (χ1n) is 5.13. The molecule has 0 bridgehead atoms. The fourth-order valence-electron chi connectivity index (χ4n) is 2.10. The topological polar surface area (TPSA) is 38.1 Å². The van der Waals surface area contributed by atoms with E-state index in [4.69, 9.17) is 4.52 Å². The van der Waals surface area contributed by atoms with Crippen LogP contribution in [0.3, 0.4) is 0 Å². The van der Waals surface area contributed by atoms with Gasteiger partial charge in [0.05, 0.1) is 6.04 Å². The van der Waals surface area contributed by atoms with Gasteiger partial charge in [-0.1, -0.05) is 21.1 Å². The van der Waals surface area contributed by atoms with Crippen LogP contribution >= 0.6 is 15.9 Å². The Balaban J connectivity index is 2.11. The maximum atomic E-state index is 5.42. The highest BCUT2D eigenvalue weighted by Gasteiger charge is 2.22. The first-order chi connectivity index (χ1) is 7.34. The SMILES string of the molecule is Brc1ccc2c(C3CCCN3)onc2c1. The molecule has 1 aliphatic heterocycles. The van der Waals surface area contributed by atoms with Crippen LogP contribution in [-0.4, -0.2) is 11.7 Å². The maximum Gasteiger partial charge on any atom is 0.161 e. The van der Waals surface area contributed by atoms with E-state index in [2.05, 4.69) is 32.5 Å². The number of fused-ring (bicyclic) bond motifs is 1.